The lowest BCUT2D eigenvalue weighted by molar-refractivity contribution is 0.585. The molecule has 0 radical (unpaired) electrons. The standard InChI is InChI=1S/C17H19FN2O2S/c1-11-2-8-14(9-3-11)23(21,22)16-15(17(16,20)10-19)12-4-6-13(18)7-5-12/h2-9,15-16H,10,19-20H2,1H3/t15-,16-,17+/m1/s1. The van der Waals surface area contributed by atoms with Gasteiger partial charge in [-0.25, -0.2) is 12.8 Å². The van der Waals surface area contributed by atoms with Crippen LogP contribution in [0.15, 0.2) is 53.4 Å². The first kappa shape index (κ1) is 16.1. The second-order valence-corrected chi connectivity index (χ2v) is 8.19. The van der Waals surface area contributed by atoms with E-state index in [1.807, 2.05) is 6.92 Å². The van der Waals surface area contributed by atoms with Crippen molar-refractivity contribution in [1.82, 2.24) is 0 Å². The number of halogens is 1. The SMILES string of the molecule is Cc1ccc(S(=O)(=O)[C@@H]2[C@@H](c3ccc(F)cc3)[C@@]2(N)CN)cc1. The maximum absolute atomic E-state index is 13.1. The highest BCUT2D eigenvalue weighted by atomic mass is 32.2. The molecule has 1 fully saturated rings. The molecule has 0 spiro atoms. The van der Waals surface area contributed by atoms with Crippen molar-refractivity contribution in [3.8, 4) is 0 Å². The van der Waals surface area contributed by atoms with E-state index >= 15 is 0 Å². The summed E-state index contributed by atoms with van der Waals surface area (Å²) in [5.41, 5.74) is 12.7. The van der Waals surface area contributed by atoms with Crippen molar-refractivity contribution in [2.75, 3.05) is 6.54 Å². The number of benzene rings is 2. The van der Waals surface area contributed by atoms with Crippen LogP contribution >= 0.6 is 0 Å². The normalized spacial score (nSPS) is 27.0. The van der Waals surface area contributed by atoms with Gasteiger partial charge in [-0.1, -0.05) is 29.8 Å². The number of hydrogen-bond donors (Lipinski definition) is 2. The topological polar surface area (TPSA) is 86.2 Å². The van der Waals surface area contributed by atoms with E-state index in [9.17, 15) is 12.8 Å². The summed E-state index contributed by atoms with van der Waals surface area (Å²) in [6.45, 7) is 1.94. The van der Waals surface area contributed by atoms with E-state index < -0.39 is 26.5 Å². The monoisotopic (exact) mass is 334 g/mol. The molecule has 1 saturated carbocycles. The van der Waals surface area contributed by atoms with E-state index in [1.54, 1.807) is 36.4 Å². The fourth-order valence-electron chi connectivity index (χ4n) is 3.16. The Morgan fingerprint density at radius 1 is 1.09 bits per heavy atom. The smallest absolute Gasteiger partial charge is 0.183 e. The summed E-state index contributed by atoms with van der Waals surface area (Å²) >= 11 is 0. The van der Waals surface area contributed by atoms with Gasteiger partial charge in [-0.15, -0.1) is 0 Å². The van der Waals surface area contributed by atoms with Gasteiger partial charge in [-0.3, -0.25) is 0 Å². The largest absolute Gasteiger partial charge is 0.329 e. The second-order valence-electron chi connectivity index (χ2n) is 6.12. The molecule has 2 aromatic rings. The highest BCUT2D eigenvalue weighted by Gasteiger charge is 2.68. The first-order valence-electron chi connectivity index (χ1n) is 7.35. The van der Waals surface area contributed by atoms with Crippen molar-refractivity contribution in [3.05, 3.63) is 65.5 Å². The first-order chi connectivity index (χ1) is 10.8. The molecule has 0 heterocycles. The van der Waals surface area contributed by atoms with Crippen molar-refractivity contribution >= 4 is 9.84 Å². The van der Waals surface area contributed by atoms with E-state index in [4.69, 9.17) is 11.5 Å². The third kappa shape index (κ3) is 2.56. The summed E-state index contributed by atoms with van der Waals surface area (Å²) in [6.07, 6.45) is 0. The Morgan fingerprint density at radius 3 is 2.17 bits per heavy atom. The molecule has 6 heteroatoms. The van der Waals surface area contributed by atoms with Crippen LogP contribution in [0.4, 0.5) is 4.39 Å². The molecule has 2 aromatic carbocycles. The summed E-state index contributed by atoms with van der Waals surface area (Å²) in [4.78, 5) is 0.237. The summed E-state index contributed by atoms with van der Waals surface area (Å²) in [6, 6.07) is 12.4. The maximum atomic E-state index is 13.1. The molecule has 4 N–H and O–H groups in total. The van der Waals surface area contributed by atoms with Gasteiger partial charge in [0.1, 0.15) is 5.82 Å². The minimum absolute atomic E-state index is 0.0464. The minimum atomic E-state index is -3.61. The average molecular weight is 334 g/mol. The summed E-state index contributed by atoms with van der Waals surface area (Å²) < 4.78 is 38.9. The maximum Gasteiger partial charge on any atom is 0.183 e. The van der Waals surface area contributed by atoms with Crippen LogP contribution in [0.25, 0.3) is 0 Å². The van der Waals surface area contributed by atoms with E-state index in [-0.39, 0.29) is 17.3 Å². The van der Waals surface area contributed by atoms with Crippen LogP contribution in [0.3, 0.4) is 0 Å². The lowest BCUT2D eigenvalue weighted by atomic mass is 10.1. The minimum Gasteiger partial charge on any atom is -0.329 e. The summed E-state index contributed by atoms with van der Waals surface area (Å²) in [5, 5.41) is -0.798. The van der Waals surface area contributed by atoms with Crippen LogP contribution < -0.4 is 11.5 Å². The average Bonchev–Trinajstić information content (AvgIpc) is 3.16. The molecule has 0 unspecified atom stereocenters. The fraction of sp³-hybridized carbons (Fsp3) is 0.294. The van der Waals surface area contributed by atoms with Gasteiger partial charge in [-0.2, -0.15) is 0 Å². The van der Waals surface area contributed by atoms with Gasteiger partial charge in [0.05, 0.1) is 15.7 Å². The van der Waals surface area contributed by atoms with E-state index in [2.05, 4.69) is 0 Å². The van der Waals surface area contributed by atoms with Crippen molar-refractivity contribution in [3.63, 3.8) is 0 Å². The Labute approximate surface area is 135 Å². The van der Waals surface area contributed by atoms with Crippen LogP contribution in [-0.4, -0.2) is 25.8 Å². The lowest BCUT2D eigenvalue weighted by Gasteiger charge is -2.09. The Hall–Kier alpha value is -1.76. The Morgan fingerprint density at radius 2 is 1.65 bits per heavy atom. The zero-order valence-electron chi connectivity index (χ0n) is 12.7. The molecule has 0 bridgehead atoms. The molecule has 1 aliphatic rings. The second kappa shape index (κ2) is 5.40. The van der Waals surface area contributed by atoms with E-state index in [1.165, 1.54) is 12.1 Å². The zero-order chi connectivity index (χ0) is 16.8. The number of aryl methyl sites for hydroxylation is 1. The molecule has 0 amide bonds. The molecule has 0 saturated heterocycles. The molecule has 3 rings (SSSR count). The molecular formula is C17H19FN2O2S. The first-order valence-corrected chi connectivity index (χ1v) is 8.90. The Bertz CT molecular complexity index is 819. The molecule has 23 heavy (non-hydrogen) atoms. The number of rotatable bonds is 4. The number of hydrogen-bond acceptors (Lipinski definition) is 4. The van der Waals surface area contributed by atoms with Crippen LogP contribution in [0, 0.1) is 12.7 Å². The molecule has 0 aliphatic heterocycles. The summed E-state index contributed by atoms with van der Waals surface area (Å²) in [5.74, 6) is -0.804. The Kier molecular flexibility index (Phi) is 3.78. The predicted octanol–water partition coefficient (Wildman–Crippen LogP) is 1.73. The van der Waals surface area contributed by atoms with Crippen LogP contribution in [0.1, 0.15) is 17.0 Å². The molecular weight excluding hydrogens is 315 g/mol. The molecule has 0 aromatic heterocycles. The quantitative estimate of drug-likeness (QED) is 0.891. The van der Waals surface area contributed by atoms with Gasteiger partial charge >= 0.3 is 0 Å². The van der Waals surface area contributed by atoms with Gasteiger partial charge in [0, 0.05) is 12.5 Å². The van der Waals surface area contributed by atoms with E-state index in [0.717, 1.165) is 5.56 Å². The third-order valence-corrected chi connectivity index (χ3v) is 6.88. The van der Waals surface area contributed by atoms with Crippen molar-refractivity contribution in [1.29, 1.82) is 0 Å². The Balaban J connectivity index is 2.01. The fourth-order valence-corrected chi connectivity index (χ4v) is 5.48. The zero-order valence-corrected chi connectivity index (χ0v) is 13.6. The van der Waals surface area contributed by atoms with Crippen molar-refractivity contribution < 1.29 is 12.8 Å². The van der Waals surface area contributed by atoms with Gasteiger partial charge < -0.3 is 11.5 Å². The van der Waals surface area contributed by atoms with Gasteiger partial charge in [0.2, 0.25) is 0 Å². The predicted molar refractivity (Wildman–Crippen MR) is 87.3 cm³/mol. The van der Waals surface area contributed by atoms with Crippen molar-refractivity contribution in [2.24, 2.45) is 11.5 Å². The van der Waals surface area contributed by atoms with E-state index in [0.29, 0.717) is 5.56 Å². The van der Waals surface area contributed by atoms with Crippen molar-refractivity contribution in [2.45, 2.75) is 28.5 Å². The summed E-state index contributed by atoms with van der Waals surface area (Å²) in [7, 11) is -3.61. The molecule has 3 atom stereocenters. The van der Waals surface area contributed by atoms with Gasteiger partial charge in [0.15, 0.2) is 9.84 Å². The highest BCUT2D eigenvalue weighted by molar-refractivity contribution is 7.92. The number of sulfone groups is 1. The highest BCUT2D eigenvalue weighted by Crippen LogP contribution is 2.55. The van der Waals surface area contributed by atoms with Crippen LogP contribution in [0.2, 0.25) is 0 Å². The molecule has 1 aliphatic carbocycles. The molecule has 122 valence electrons. The van der Waals surface area contributed by atoms with Gasteiger partial charge in [0.25, 0.3) is 0 Å². The lowest BCUT2D eigenvalue weighted by Crippen LogP contribution is -2.39. The van der Waals surface area contributed by atoms with Gasteiger partial charge in [-0.05, 0) is 36.8 Å². The third-order valence-electron chi connectivity index (χ3n) is 4.57. The molecule has 4 nitrogen and oxygen atoms in total. The van der Waals surface area contributed by atoms with Crippen LogP contribution in [-0.2, 0) is 9.84 Å². The number of nitrogens with two attached hydrogens (primary N) is 2. The van der Waals surface area contributed by atoms with Crippen LogP contribution in [0.5, 0.6) is 0 Å².